The zero-order valence-corrected chi connectivity index (χ0v) is 14.2. The van der Waals surface area contributed by atoms with E-state index in [0.717, 1.165) is 49.4 Å². The minimum absolute atomic E-state index is 0.110. The quantitative estimate of drug-likeness (QED) is 0.852. The molecule has 0 aliphatic carbocycles. The molecule has 0 amide bonds. The molecule has 4 nitrogen and oxygen atoms in total. The van der Waals surface area contributed by atoms with Gasteiger partial charge in [-0.05, 0) is 30.5 Å². The highest BCUT2D eigenvalue weighted by molar-refractivity contribution is 6.30. The third-order valence-corrected chi connectivity index (χ3v) is 4.54. The molecule has 0 fully saturated rings. The van der Waals surface area contributed by atoms with Crippen molar-refractivity contribution in [1.29, 1.82) is 0 Å². The van der Waals surface area contributed by atoms with Crippen molar-refractivity contribution < 1.29 is 13.5 Å². The molecular formula is C17H20ClF2N3O. The van der Waals surface area contributed by atoms with E-state index in [2.05, 4.69) is 26.5 Å². The summed E-state index contributed by atoms with van der Waals surface area (Å²) in [7, 11) is 0. The van der Waals surface area contributed by atoms with E-state index < -0.39 is 6.61 Å². The highest BCUT2D eigenvalue weighted by atomic mass is 35.5. The monoisotopic (exact) mass is 355 g/mol. The number of ether oxygens (including phenoxy) is 1. The van der Waals surface area contributed by atoms with Gasteiger partial charge in [0.05, 0.1) is 11.7 Å². The Labute approximate surface area is 144 Å². The molecule has 130 valence electrons. The lowest BCUT2D eigenvalue weighted by Crippen LogP contribution is -2.34. The Morgan fingerprint density at radius 3 is 3.04 bits per heavy atom. The summed E-state index contributed by atoms with van der Waals surface area (Å²) in [5.41, 5.74) is 1.98. The van der Waals surface area contributed by atoms with Crippen LogP contribution in [0, 0.1) is 0 Å². The zero-order chi connectivity index (χ0) is 17.1. The fourth-order valence-electron chi connectivity index (χ4n) is 3.21. The highest BCUT2D eigenvalue weighted by Crippen LogP contribution is 2.30. The van der Waals surface area contributed by atoms with E-state index in [1.54, 1.807) is 12.1 Å². The molecule has 0 bridgehead atoms. The molecular weight excluding hydrogens is 336 g/mol. The Morgan fingerprint density at radius 1 is 1.46 bits per heavy atom. The number of benzene rings is 1. The predicted molar refractivity (Wildman–Crippen MR) is 88.8 cm³/mol. The smallest absolute Gasteiger partial charge is 0.387 e. The summed E-state index contributed by atoms with van der Waals surface area (Å²) in [6.45, 7) is 0.997. The van der Waals surface area contributed by atoms with Crippen LogP contribution in [0.25, 0.3) is 0 Å². The minimum Gasteiger partial charge on any atom is -0.435 e. The van der Waals surface area contributed by atoms with E-state index in [9.17, 15) is 8.78 Å². The number of aromatic nitrogens is 2. The van der Waals surface area contributed by atoms with E-state index in [1.165, 1.54) is 6.07 Å². The Bertz CT molecular complexity index is 705. The van der Waals surface area contributed by atoms with Gasteiger partial charge in [-0.1, -0.05) is 30.7 Å². The fourth-order valence-corrected chi connectivity index (χ4v) is 3.54. The molecule has 1 aromatic carbocycles. The number of aryl methyl sites for hydroxylation is 2. The first-order valence-corrected chi connectivity index (χ1v) is 8.48. The maximum atomic E-state index is 12.3. The van der Waals surface area contributed by atoms with Crippen molar-refractivity contribution in [2.45, 2.75) is 45.4 Å². The van der Waals surface area contributed by atoms with E-state index in [0.29, 0.717) is 5.15 Å². The average molecular weight is 356 g/mol. The standard InChI is InChI=1S/C17H20ClF2N3O/c1-2-14-22-16(18)15-13(21-8-9-23(14)15)7-6-11-4-3-5-12(10-11)24-17(19)20/h3-5,10,13,17,21H,2,6-9H2,1H3. The number of fused-ring (bicyclic) bond motifs is 1. The summed E-state index contributed by atoms with van der Waals surface area (Å²) >= 11 is 6.33. The van der Waals surface area contributed by atoms with Gasteiger partial charge >= 0.3 is 6.61 Å². The number of imidazole rings is 1. The van der Waals surface area contributed by atoms with Crippen molar-refractivity contribution in [2.75, 3.05) is 6.54 Å². The van der Waals surface area contributed by atoms with Crippen LogP contribution in [0.2, 0.25) is 5.15 Å². The van der Waals surface area contributed by atoms with Crippen LogP contribution >= 0.6 is 11.6 Å². The highest BCUT2D eigenvalue weighted by Gasteiger charge is 2.26. The van der Waals surface area contributed by atoms with Gasteiger partial charge in [0.25, 0.3) is 0 Å². The summed E-state index contributed by atoms with van der Waals surface area (Å²) in [5, 5.41) is 4.03. The first-order valence-electron chi connectivity index (χ1n) is 8.10. The number of nitrogens with one attached hydrogen (secondary N) is 1. The van der Waals surface area contributed by atoms with Gasteiger partial charge in [-0.3, -0.25) is 0 Å². The first-order chi connectivity index (χ1) is 11.6. The van der Waals surface area contributed by atoms with Crippen molar-refractivity contribution in [1.82, 2.24) is 14.9 Å². The van der Waals surface area contributed by atoms with Crippen LogP contribution in [0.1, 0.15) is 36.5 Å². The number of hydrogen-bond donors (Lipinski definition) is 1. The minimum atomic E-state index is -2.80. The molecule has 2 heterocycles. The Kier molecular flexibility index (Phi) is 5.36. The summed E-state index contributed by atoms with van der Waals surface area (Å²) in [6, 6.07) is 6.95. The van der Waals surface area contributed by atoms with E-state index in [-0.39, 0.29) is 11.8 Å². The summed E-state index contributed by atoms with van der Waals surface area (Å²) in [6.07, 6.45) is 2.40. The van der Waals surface area contributed by atoms with E-state index in [1.807, 2.05) is 6.07 Å². The van der Waals surface area contributed by atoms with Crippen LogP contribution in [0.5, 0.6) is 5.75 Å². The Balaban J connectivity index is 1.71. The number of nitrogens with zero attached hydrogens (tertiary/aromatic N) is 2. The largest absolute Gasteiger partial charge is 0.435 e. The molecule has 0 spiro atoms. The van der Waals surface area contributed by atoms with Gasteiger partial charge in [-0.2, -0.15) is 8.78 Å². The molecule has 0 saturated carbocycles. The summed E-state index contributed by atoms with van der Waals surface area (Å²) in [5.74, 6) is 1.20. The number of alkyl halides is 2. The van der Waals surface area contributed by atoms with Gasteiger partial charge in [0.2, 0.25) is 0 Å². The van der Waals surface area contributed by atoms with Crippen molar-refractivity contribution >= 4 is 11.6 Å². The molecule has 1 aromatic heterocycles. The Hall–Kier alpha value is -1.66. The fraction of sp³-hybridized carbons (Fsp3) is 0.471. The molecule has 24 heavy (non-hydrogen) atoms. The van der Waals surface area contributed by atoms with Crippen molar-refractivity contribution in [3.8, 4) is 5.75 Å². The SMILES string of the molecule is CCc1nc(Cl)c2n1CCNC2CCc1cccc(OC(F)F)c1. The third kappa shape index (κ3) is 3.70. The van der Waals surface area contributed by atoms with Gasteiger partial charge < -0.3 is 14.6 Å². The molecule has 2 aromatic rings. The van der Waals surface area contributed by atoms with Gasteiger partial charge in [0, 0.05) is 19.5 Å². The van der Waals surface area contributed by atoms with E-state index >= 15 is 0 Å². The lowest BCUT2D eigenvalue weighted by atomic mass is 10.0. The molecule has 1 aliphatic rings. The average Bonchev–Trinajstić information content (AvgIpc) is 2.90. The lowest BCUT2D eigenvalue weighted by molar-refractivity contribution is -0.0498. The van der Waals surface area contributed by atoms with Crippen LogP contribution in [0.3, 0.4) is 0 Å². The second kappa shape index (κ2) is 7.49. The topological polar surface area (TPSA) is 39.1 Å². The van der Waals surface area contributed by atoms with Gasteiger partial charge in [0.15, 0.2) is 5.15 Å². The second-order valence-corrected chi connectivity index (χ2v) is 6.14. The maximum Gasteiger partial charge on any atom is 0.387 e. The third-order valence-electron chi connectivity index (χ3n) is 4.26. The van der Waals surface area contributed by atoms with Gasteiger partial charge in [-0.25, -0.2) is 4.98 Å². The molecule has 0 radical (unpaired) electrons. The lowest BCUT2D eigenvalue weighted by Gasteiger charge is -2.27. The summed E-state index contributed by atoms with van der Waals surface area (Å²) in [4.78, 5) is 4.45. The normalized spacial score (nSPS) is 17.1. The predicted octanol–water partition coefficient (Wildman–Crippen LogP) is 3.98. The van der Waals surface area contributed by atoms with Crippen molar-refractivity contribution in [2.24, 2.45) is 0 Å². The number of halogens is 3. The van der Waals surface area contributed by atoms with Gasteiger partial charge in [0.1, 0.15) is 11.6 Å². The van der Waals surface area contributed by atoms with Crippen LogP contribution in [0.4, 0.5) is 8.78 Å². The van der Waals surface area contributed by atoms with Crippen molar-refractivity contribution in [3.05, 3.63) is 46.5 Å². The van der Waals surface area contributed by atoms with Crippen LogP contribution in [-0.4, -0.2) is 22.7 Å². The first kappa shape index (κ1) is 17.2. The molecule has 1 aliphatic heterocycles. The molecule has 1 unspecified atom stereocenters. The molecule has 0 saturated heterocycles. The van der Waals surface area contributed by atoms with E-state index in [4.69, 9.17) is 11.6 Å². The van der Waals surface area contributed by atoms with Crippen molar-refractivity contribution in [3.63, 3.8) is 0 Å². The van der Waals surface area contributed by atoms with Crippen LogP contribution in [-0.2, 0) is 19.4 Å². The Morgan fingerprint density at radius 2 is 2.29 bits per heavy atom. The molecule has 7 heteroatoms. The molecule has 1 atom stereocenters. The van der Waals surface area contributed by atoms with Crippen LogP contribution in [0.15, 0.2) is 24.3 Å². The number of rotatable bonds is 6. The zero-order valence-electron chi connectivity index (χ0n) is 13.4. The van der Waals surface area contributed by atoms with Gasteiger partial charge in [-0.15, -0.1) is 0 Å². The number of hydrogen-bond acceptors (Lipinski definition) is 3. The summed E-state index contributed by atoms with van der Waals surface area (Å²) < 4.78 is 31.3. The molecule has 3 rings (SSSR count). The molecule has 1 N–H and O–H groups in total. The maximum absolute atomic E-state index is 12.3. The second-order valence-electron chi connectivity index (χ2n) is 5.78. The van der Waals surface area contributed by atoms with Crippen LogP contribution < -0.4 is 10.1 Å².